The molecule has 0 radical (unpaired) electrons. The summed E-state index contributed by atoms with van der Waals surface area (Å²) < 4.78 is 16.5. The molecule has 0 aliphatic carbocycles. The number of nitro groups is 1. The lowest BCUT2D eigenvalue weighted by molar-refractivity contribution is -0.402. The standard InChI is InChI=1S/C9H13N2O8P/c10-5(8(12)13)3-4-20(17,18)9(14)6-1-2-7(19-6)11(15)16/h1-2,5,9,14H,3-4,10H2,(H,12,13)(H,17,18)/t5-,9?/m0/s1. The minimum atomic E-state index is -4.22. The fourth-order valence-corrected chi connectivity index (χ4v) is 2.78. The molecule has 1 rings (SSSR count). The molecule has 0 saturated carbocycles. The summed E-state index contributed by atoms with van der Waals surface area (Å²) in [5.41, 5.74) is 5.18. The van der Waals surface area contributed by atoms with Crippen molar-refractivity contribution in [1.82, 2.24) is 0 Å². The SMILES string of the molecule is N[C@@H](CCP(=O)(O)C(O)c1ccc([N+](=O)[O-])o1)C(=O)O. The number of hydrogen-bond donors (Lipinski definition) is 4. The first-order valence-corrected chi connectivity index (χ1v) is 7.28. The second-order valence-electron chi connectivity index (χ2n) is 4.02. The van der Waals surface area contributed by atoms with E-state index in [9.17, 15) is 29.5 Å². The molecule has 5 N–H and O–H groups in total. The van der Waals surface area contributed by atoms with Crippen molar-refractivity contribution in [3.8, 4) is 0 Å². The molecule has 0 aliphatic heterocycles. The minimum absolute atomic E-state index is 0.330. The van der Waals surface area contributed by atoms with Gasteiger partial charge in [-0.1, -0.05) is 0 Å². The lowest BCUT2D eigenvalue weighted by Gasteiger charge is -2.17. The van der Waals surface area contributed by atoms with E-state index < -0.39 is 48.0 Å². The first kappa shape index (κ1) is 16.3. The fraction of sp³-hybridized carbons (Fsp3) is 0.444. The molecule has 20 heavy (non-hydrogen) atoms. The van der Waals surface area contributed by atoms with Gasteiger partial charge in [-0.15, -0.1) is 0 Å². The molecule has 0 amide bonds. The van der Waals surface area contributed by atoms with E-state index >= 15 is 0 Å². The topological polar surface area (TPSA) is 177 Å². The molecule has 112 valence electrons. The summed E-state index contributed by atoms with van der Waals surface area (Å²) in [4.78, 5) is 29.7. The summed E-state index contributed by atoms with van der Waals surface area (Å²) >= 11 is 0. The minimum Gasteiger partial charge on any atom is -0.480 e. The van der Waals surface area contributed by atoms with Gasteiger partial charge in [0.25, 0.3) is 0 Å². The van der Waals surface area contributed by atoms with Gasteiger partial charge in [0.1, 0.15) is 16.7 Å². The number of furan rings is 1. The maximum atomic E-state index is 11.8. The molecular formula is C9H13N2O8P. The Labute approximate surface area is 112 Å². The largest absolute Gasteiger partial charge is 0.480 e. The van der Waals surface area contributed by atoms with E-state index in [-0.39, 0.29) is 6.42 Å². The zero-order valence-corrected chi connectivity index (χ0v) is 11.0. The van der Waals surface area contributed by atoms with E-state index in [0.717, 1.165) is 12.1 Å². The van der Waals surface area contributed by atoms with E-state index in [1.807, 2.05) is 0 Å². The molecule has 0 aromatic carbocycles. The summed E-state index contributed by atoms with van der Waals surface area (Å²) in [6, 6.07) is 0.596. The highest BCUT2D eigenvalue weighted by Gasteiger charge is 2.34. The molecule has 11 heteroatoms. The van der Waals surface area contributed by atoms with Crippen molar-refractivity contribution >= 4 is 19.2 Å². The maximum absolute atomic E-state index is 11.8. The Kier molecular flexibility index (Phi) is 5.01. The first-order valence-electron chi connectivity index (χ1n) is 5.37. The van der Waals surface area contributed by atoms with Crippen LogP contribution in [0.25, 0.3) is 0 Å². The third-order valence-corrected chi connectivity index (χ3v) is 4.42. The monoisotopic (exact) mass is 308 g/mol. The van der Waals surface area contributed by atoms with Crippen LogP contribution in [-0.4, -0.2) is 38.2 Å². The fourth-order valence-electron chi connectivity index (χ4n) is 1.35. The van der Waals surface area contributed by atoms with E-state index in [1.165, 1.54) is 0 Å². The Balaban J connectivity index is 2.77. The van der Waals surface area contributed by atoms with Crippen LogP contribution in [0.5, 0.6) is 0 Å². The van der Waals surface area contributed by atoms with Crippen molar-refractivity contribution in [3.05, 3.63) is 28.0 Å². The van der Waals surface area contributed by atoms with Gasteiger partial charge in [-0.3, -0.25) is 19.5 Å². The molecule has 1 aromatic rings. The van der Waals surface area contributed by atoms with Gasteiger partial charge < -0.3 is 25.3 Å². The summed E-state index contributed by atoms with van der Waals surface area (Å²) in [7, 11) is -4.22. The van der Waals surface area contributed by atoms with Gasteiger partial charge in [0, 0.05) is 6.16 Å². The number of aliphatic hydroxyl groups is 1. The predicted molar refractivity (Wildman–Crippen MR) is 65.2 cm³/mol. The highest BCUT2D eigenvalue weighted by Crippen LogP contribution is 2.54. The Hall–Kier alpha value is -1.74. The summed E-state index contributed by atoms with van der Waals surface area (Å²) in [5.74, 6) is -4.43. The second-order valence-corrected chi connectivity index (χ2v) is 6.47. The third kappa shape index (κ3) is 3.87. The summed E-state index contributed by atoms with van der Waals surface area (Å²) in [6.07, 6.45) is -0.890. The number of carbonyl (C=O) groups is 1. The molecule has 1 heterocycles. The lowest BCUT2D eigenvalue weighted by atomic mass is 10.2. The van der Waals surface area contributed by atoms with Crippen LogP contribution in [0.1, 0.15) is 18.0 Å². The van der Waals surface area contributed by atoms with E-state index in [2.05, 4.69) is 4.42 Å². The molecule has 0 saturated heterocycles. The van der Waals surface area contributed by atoms with Crippen molar-refractivity contribution in [1.29, 1.82) is 0 Å². The molecule has 0 fully saturated rings. The van der Waals surface area contributed by atoms with Gasteiger partial charge in [0.2, 0.25) is 7.37 Å². The van der Waals surface area contributed by atoms with Crippen molar-refractivity contribution in [3.63, 3.8) is 0 Å². The quantitative estimate of drug-likeness (QED) is 0.312. The highest BCUT2D eigenvalue weighted by atomic mass is 31.2. The molecule has 3 atom stereocenters. The van der Waals surface area contributed by atoms with Crippen LogP contribution in [0, 0.1) is 10.1 Å². The van der Waals surface area contributed by atoms with E-state index in [1.54, 1.807) is 0 Å². The van der Waals surface area contributed by atoms with Gasteiger partial charge in [-0.25, -0.2) is 0 Å². The maximum Gasteiger partial charge on any atom is 0.433 e. The Morgan fingerprint density at radius 1 is 1.55 bits per heavy atom. The normalized spacial score (nSPS) is 17.1. The number of hydrogen-bond acceptors (Lipinski definition) is 7. The van der Waals surface area contributed by atoms with E-state index in [0.29, 0.717) is 0 Å². The molecule has 2 unspecified atom stereocenters. The first-order chi connectivity index (χ1) is 9.15. The molecular weight excluding hydrogens is 295 g/mol. The summed E-state index contributed by atoms with van der Waals surface area (Å²) in [6.45, 7) is 0. The number of aliphatic carboxylic acids is 1. The zero-order chi connectivity index (χ0) is 15.5. The number of nitrogens with zero attached hydrogens (tertiary/aromatic N) is 1. The van der Waals surface area contributed by atoms with Crippen molar-refractivity contribution < 1.29 is 33.8 Å². The van der Waals surface area contributed by atoms with Gasteiger partial charge in [0.15, 0.2) is 5.85 Å². The van der Waals surface area contributed by atoms with Gasteiger partial charge >= 0.3 is 11.9 Å². The van der Waals surface area contributed by atoms with Gasteiger partial charge in [-0.2, -0.15) is 0 Å². The van der Waals surface area contributed by atoms with Crippen molar-refractivity contribution in [2.24, 2.45) is 5.73 Å². The zero-order valence-electron chi connectivity index (χ0n) is 10.1. The van der Waals surface area contributed by atoms with Crippen LogP contribution in [0.2, 0.25) is 0 Å². The van der Waals surface area contributed by atoms with Crippen molar-refractivity contribution in [2.45, 2.75) is 18.3 Å². The van der Waals surface area contributed by atoms with Crippen LogP contribution in [0.3, 0.4) is 0 Å². The molecule has 1 aromatic heterocycles. The molecule has 0 aliphatic rings. The van der Waals surface area contributed by atoms with Crippen LogP contribution in [0.15, 0.2) is 16.5 Å². The van der Waals surface area contributed by atoms with Crippen LogP contribution in [-0.2, 0) is 9.36 Å². The Bertz CT molecular complexity index is 556. The Morgan fingerprint density at radius 2 is 2.15 bits per heavy atom. The number of rotatable bonds is 7. The number of nitrogens with two attached hydrogens (primary N) is 1. The highest BCUT2D eigenvalue weighted by molar-refractivity contribution is 7.58. The predicted octanol–water partition coefficient (Wildman–Crippen LogP) is 0.251. The Morgan fingerprint density at radius 3 is 2.60 bits per heavy atom. The summed E-state index contributed by atoms with van der Waals surface area (Å²) in [5, 5.41) is 28.6. The number of carboxylic acids is 1. The van der Waals surface area contributed by atoms with Gasteiger partial charge in [0.05, 0.1) is 6.07 Å². The molecule has 10 nitrogen and oxygen atoms in total. The second kappa shape index (κ2) is 6.14. The molecule has 0 spiro atoms. The average molecular weight is 308 g/mol. The smallest absolute Gasteiger partial charge is 0.433 e. The third-order valence-electron chi connectivity index (χ3n) is 2.51. The number of aliphatic hydroxyl groups excluding tert-OH is 1. The van der Waals surface area contributed by atoms with Gasteiger partial charge in [-0.05, 0) is 12.5 Å². The number of carboxylic acid groups (broad SMARTS) is 1. The van der Waals surface area contributed by atoms with Crippen LogP contribution < -0.4 is 5.73 Å². The average Bonchev–Trinajstić information content (AvgIpc) is 2.84. The van der Waals surface area contributed by atoms with Crippen molar-refractivity contribution in [2.75, 3.05) is 6.16 Å². The molecule has 0 bridgehead atoms. The van der Waals surface area contributed by atoms with E-state index in [4.69, 9.17) is 10.8 Å². The van der Waals surface area contributed by atoms with Crippen LogP contribution >= 0.6 is 7.37 Å². The van der Waals surface area contributed by atoms with Crippen LogP contribution in [0.4, 0.5) is 5.88 Å². The lowest BCUT2D eigenvalue weighted by Crippen LogP contribution is -2.31.